The lowest BCUT2D eigenvalue weighted by Crippen LogP contribution is -2.37. The predicted octanol–water partition coefficient (Wildman–Crippen LogP) is 3.41. The largest absolute Gasteiger partial charge is 0.496 e. The highest BCUT2D eigenvalue weighted by atomic mass is 35.5. The molecule has 128 valence electrons. The average molecular weight is 347 g/mol. The van der Waals surface area contributed by atoms with Crippen molar-refractivity contribution in [2.75, 3.05) is 20.7 Å². The molecule has 0 radical (unpaired) electrons. The first-order valence-electron chi connectivity index (χ1n) is 7.90. The molecule has 0 heterocycles. The van der Waals surface area contributed by atoms with Crippen LogP contribution in [0.15, 0.2) is 48.5 Å². The van der Waals surface area contributed by atoms with Gasteiger partial charge in [0.25, 0.3) is 0 Å². The van der Waals surface area contributed by atoms with E-state index in [1.807, 2.05) is 62.5 Å². The summed E-state index contributed by atoms with van der Waals surface area (Å²) >= 11 is 6.38. The Bertz CT molecular complexity index is 691. The number of hydrogen-bond acceptors (Lipinski definition) is 3. The molecule has 5 heteroatoms. The summed E-state index contributed by atoms with van der Waals surface area (Å²) in [4.78, 5) is 12.6. The number of ether oxygens (including phenoxy) is 1. The van der Waals surface area contributed by atoms with Crippen molar-refractivity contribution < 1.29 is 9.53 Å². The molecule has 2 N–H and O–H groups in total. The number of amides is 1. The molecule has 0 saturated carbocycles. The number of hydrogen-bond donors (Lipinski definition) is 2. The van der Waals surface area contributed by atoms with Gasteiger partial charge in [-0.1, -0.05) is 54.9 Å². The second kappa shape index (κ2) is 8.71. The van der Waals surface area contributed by atoms with Gasteiger partial charge in [-0.2, -0.15) is 0 Å². The minimum absolute atomic E-state index is 0.0415. The Morgan fingerprint density at radius 2 is 1.75 bits per heavy atom. The molecule has 0 spiro atoms. The molecule has 0 bridgehead atoms. The summed E-state index contributed by atoms with van der Waals surface area (Å²) in [5.41, 5.74) is 1.71. The van der Waals surface area contributed by atoms with Gasteiger partial charge >= 0.3 is 0 Å². The van der Waals surface area contributed by atoms with Crippen LogP contribution in [0.5, 0.6) is 5.75 Å². The summed E-state index contributed by atoms with van der Waals surface area (Å²) in [6.07, 6.45) is 0. The van der Waals surface area contributed by atoms with Crippen LogP contribution in [0, 0.1) is 5.92 Å². The molecular weight excluding hydrogens is 324 g/mol. The van der Waals surface area contributed by atoms with Gasteiger partial charge in [-0.25, -0.2) is 0 Å². The van der Waals surface area contributed by atoms with Crippen LogP contribution in [-0.4, -0.2) is 26.6 Å². The molecular formula is C19H23ClN2O2. The zero-order chi connectivity index (χ0) is 17.5. The quantitative estimate of drug-likeness (QED) is 0.807. The van der Waals surface area contributed by atoms with E-state index in [0.29, 0.717) is 17.3 Å². The van der Waals surface area contributed by atoms with Crippen LogP contribution in [0.2, 0.25) is 5.02 Å². The fourth-order valence-electron chi connectivity index (χ4n) is 2.62. The van der Waals surface area contributed by atoms with Crippen molar-refractivity contribution in [2.45, 2.75) is 13.0 Å². The summed E-state index contributed by atoms with van der Waals surface area (Å²) in [6.45, 7) is 2.49. The Balaban J connectivity index is 2.43. The Hall–Kier alpha value is -2.04. The SMILES string of the molecule is CNCC(C)C(=O)NC(c1ccccc1Cl)c1ccccc1OC. The molecule has 2 atom stereocenters. The second-order valence-electron chi connectivity index (χ2n) is 5.66. The number of carbonyl (C=O) groups is 1. The number of benzene rings is 2. The molecule has 0 aliphatic rings. The van der Waals surface area contributed by atoms with Crippen LogP contribution < -0.4 is 15.4 Å². The molecule has 0 saturated heterocycles. The molecule has 2 aromatic carbocycles. The Morgan fingerprint density at radius 3 is 2.38 bits per heavy atom. The third kappa shape index (κ3) is 4.28. The first-order valence-corrected chi connectivity index (χ1v) is 8.28. The van der Waals surface area contributed by atoms with Crippen molar-refractivity contribution in [3.8, 4) is 5.75 Å². The van der Waals surface area contributed by atoms with E-state index < -0.39 is 0 Å². The van der Waals surface area contributed by atoms with E-state index in [9.17, 15) is 4.79 Å². The maximum absolute atomic E-state index is 12.6. The summed E-state index contributed by atoms with van der Waals surface area (Å²) in [7, 11) is 3.45. The maximum Gasteiger partial charge on any atom is 0.224 e. The zero-order valence-electron chi connectivity index (χ0n) is 14.2. The third-order valence-corrected chi connectivity index (χ3v) is 4.25. The topological polar surface area (TPSA) is 50.4 Å². The van der Waals surface area contributed by atoms with E-state index in [1.54, 1.807) is 7.11 Å². The lowest BCUT2D eigenvalue weighted by molar-refractivity contribution is -0.124. The van der Waals surface area contributed by atoms with Gasteiger partial charge in [-0.3, -0.25) is 4.79 Å². The van der Waals surface area contributed by atoms with Gasteiger partial charge in [0, 0.05) is 23.0 Å². The van der Waals surface area contributed by atoms with Crippen LogP contribution in [-0.2, 0) is 4.79 Å². The average Bonchev–Trinajstić information content (AvgIpc) is 2.60. The third-order valence-electron chi connectivity index (χ3n) is 3.91. The molecule has 2 unspecified atom stereocenters. The van der Waals surface area contributed by atoms with Gasteiger partial charge in [0.15, 0.2) is 0 Å². The summed E-state index contributed by atoms with van der Waals surface area (Å²) in [6, 6.07) is 14.8. The van der Waals surface area contributed by atoms with Crippen molar-refractivity contribution in [2.24, 2.45) is 5.92 Å². The van der Waals surface area contributed by atoms with Crippen molar-refractivity contribution >= 4 is 17.5 Å². The van der Waals surface area contributed by atoms with Crippen molar-refractivity contribution in [1.82, 2.24) is 10.6 Å². The van der Waals surface area contributed by atoms with E-state index in [0.717, 1.165) is 11.1 Å². The minimum Gasteiger partial charge on any atom is -0.496 e. The van der Waals surface area contributed by atoms with Crippen LogP contribution in [0.3, 0.4) is 0 Å². The maximum atomic E-state index is 12.6. The Kier molecular flexibility index (Phi) is 6.64. The van der Waals surface area contributed by atoms with Crippen LogP contribution in [0.25, 0.3) is 0 Å². The highest BCUT2D eigenvalue weighted by molar-refractivity contribution is 6.31. The van der Waals surface area contributed by atoms with Gasteiger partial charge < -0.3 is 15.4 Å². The van der Waals surface area contributed by atoms with Gasteiger partial charge in [-0.05, 0) is 24.7 Å². The zero-order valence-corrected chi connectivity index (χ0v) is 14.9. The molecule has 24 heavy (non-hydrogen) atoms. The highest BCUT2D eigenvalue weighted by Gasteiger charge is 2.24. The first kappa shape index (κ1) is 18.3. The van der Waals surface area contributed by atoms with Crippen LogP contribution in [0.4, 0.5) is 0 Å². The lowest BCUT2D eigenvalue weighted by atomic mass is 9.96. The van der Waals surface area contributed by atoms with Gasteiger partial charge in [-0.15, -0.1) is 0 Å². The van der Waals surface area contributed by atoms with E-state index >= 15 is 0 Å². The van der Waals surface area contributed by atoms with Gasteiger partial charge in [0.1, 0.15) is 5.75 Å². The Labute approximate surface area is 148 Å². The minimum atomic E-state index is -0.373. The van der Waals surface area contributed by atoms with Crippen molar-refractivity contribution in [3.05, 3.63) is 64.7 Å². The standard InChI is InChI=1S/C19H23ClN2O2/c1-13(12-21-2)19(23)22-18(14-8-4-6-10-16(14)20)15-9-5-7-11-17(15)24-3/h4-11,13,18,21H,12H2,1-3H3,(H,22,23). The van der Waals surface area contributed by atoms with Gasteiger partial charge in [0.2, 0.25) is 5.91 Å². The number of carbonyl (C=O) groups excluding carboxylic acids is 1. The molecule has 0 aromatic heterocycles. The first-order chi connectivity index (χ1) is 11.6. The fourth-order valence-corrected chi connectivity index (χ4v) is 2.87. The molecule has 2 rings (SSSR count). The number of rotatable bonds is 7. The molecule has 2 aromatic rings. The number of para-hydroxylation sites is 1. The van der Waals surface area contributed by atoms with Crippen molar-refractivity contribution in [3.63, 3.8) is 0 Å². The van der Waals surface area contributed by atoms with E-state index in [1.165, 1.54) is 0 Å². The summed E-state index contributed by atoms with van der Waals surface area (Å²) in [5, 5.41) is 6.74. The molecule has 1 amide bonds. The fraction of sp³-hybridized carbons (Fsp3) is 0.316. The number of methoxy groups -OCH3 is 1. The lowest BCUT2D eigenvalue weighted by Gasteiger charge is -2.24. The smallest absolute Gasteiger partial charge is 0.224 e. The highest BCUT2D eigenvalue weighted by Crippen LogP contribution is 2.33. The van der Waals surface area contributed by atoms with Crippen molar-refractivity contribution in [1.29, 1.82) is 0 Å². The molecule has 0 aliphatic heterocycles. The summed E-state index contributed by atoms with van der Waals surface area (Å²) in [5.74, 6) is 0.513. The second-order valence-corrected chi connectivity index (χ2v) is 6.07. The van der Waals surface area contributed by atoms with E-state index in [-0.39, 0.29) is 17.9 Å². The van der Waals surface area contributed by atoms with E-state index in [4.69, 9.17) is 16.3 Å². The molecule has 4 nitrogen and oxygen atoms in total. The van der Waals surface area contributed by atoms with Gasteiger partial charge in [0.05, 0.1) is 13.2 Å². The van der Waals surface area contributed by atoms with Crippen LogP contribution in [0.1, 0.15) is 24.1 Å². The number of nitrogens with one attached hydrogen (secondary N) is 2. The number of halogens is 1. The molecule has 0 fully saturated rings. The Morgan fingerprint density at radius 1 is 1.12 bits per heavy atom. The normalized spacial score (nSPS) is 13.2. The monoisotopic (exact) mass is 346 g/mol. The van der Waals surface area contributed by atoms with E-state index in [2.05, 4.69) is 10.6 Å². The predicted molar refractivity (Wildman–Crippen MR) is 97.5 cm³/mol. The molecule has 0 aliphatic carbocycles. The van der Waals surface area contributed by atoms with Crippen LogP contribution >= 0.6 is 11.6 Å². The summed E-state index contributed by atoms with van der Waals surface area (Å²) < 4.78 is 5.47.